The molecule has 0 aromatic heterocycles. The predicted molar refractivity (Wildman–Crippen MR) is 206 cm³/mol. The van der Waals surface area contributed by atoms with Crippen LogP contribution < -0.4 is 0 Å². The van der Waals surface area contributed by atoms with Gasteiger partial charge >= 0.3 is 5.97 Å². The number of unbranched alkanes of at least 4 members (excludes halogenated alkanes) is 15. The van der Waals surface area contributed by atoms with Crippen molar-refractivity contribution in [1.82, 2.24) is 4.90 Å². The van der Waals surface area contributed by atoms with E-state index in [1.54, 1.807) is 0 Å². The van der Waals surface area contributed by atoms with E-state index in [0.29, 0.717) is 6.42 Å². The molecule has 0 amide bonds. The highest BCUT2D eigenvalue weighted by molar-refractivity contribution is 5.69. The molecular formula is C43H77NO2. The predicted octanol–water partition coefficient (Wildman–Crippen LogP) is 13.4. The molecule has 0 aromatic carbocycles. The lowest BCUT2D eigenvalue weighted by Gasteiger charge is -2.19. The molecule has 0 saturated carbocycles. The molecule has 0 aliphatic carbocycles. The smallest absolute Gasteiger partial charge is 0.306 e. The van der Waals surface area contributed by atoms with Crippen molar-refractivity contribution < 1.29 is 9.53 Å². The van der Waals surface area contributed by atoms with Gasteiger partial charge in [-0.05, 0) is 116 Å². The van der Waals surface area contributed by atoms with Gasteiger partial charge in [-0.3, -0.25) is 4.79 Å². The summed E-state index contributed by atoms with van der Waals surface area (Å²) < 4.78 is 6.01. The zero-order chi connectivity index (χ0) is 33.6. The van der Waals surface area contributed by atoms with Gasteiger partial charge in [0.2, 0.25) is 0 Å². The molecule has 3 heteroatoms. The third-order valence-electron chi connectivity index (χ3n) is 8.68. The van der Waals surface area contributed by atoms with E-state index in [4.69, 9.17) is 4.74 Å². The largest absolute Gasteiger partial charge is 0.462 e. The summed E-state index contributed by atoms with van der Waals surface area (Å²) in [6.07, 6.45) is 52.4. The molecule has 0 bridgehead atoms. The number of ether oxygens (including phenoxy) is 1. The van der Waals surface area contributed by atoms with Crippen LogP contribution in [0.4, 0.5) is 0 Å². The zero-order valence-electron chi connectivity index (χ0n) is 31.2. The summed E-state index contributed by atoms with van der Waals surface area (Å²) in [6.45, 7) is 8.65. The lowest BCUT2D eigenvalue weighted by Crippen LogP contribution is -2.22. The first kappa shape index (κ1) is 44.1. The number of carbonyl (C=O) groups excluding carboxylic acids is 1. The summed E-state index contributed by atoms with van der Waals surface area (Å²) in [5.41, 5.74) is 0. The van der Waals surface area contributed by atoms with Gasteiger partial charge in [0.25, 0.3) is 0 Å². The van der Waals surface area contributed by atoms with Crippen molar-refractivity contribution in [2.45, 2.75) is 187 Å². The fraction of sp³-hybridized carbons (Fsp3) is 0.744. The van der Waals surface area contributed by atoms with Crippen LogP contribution in [0.1, 0.15) is 181 Å². The minimum atomic E-state index is 0.00124. The first-order valence-corrected chi connectivity index (χ1v) is 19.8. The van der Waals surface area contributed by atoms with Gasteiger partial charge in [0.15, 0.2) is 0 Å². The lowest BCUT2D eigenvalue weighted by molar-refractivity contribution is -0.150. The molecule has 0 fully saturated rings. The lowest BCUT2D eigenvalue weighted by atomic mass is 10.0. The first-order valence-electron chi connectivity index (χ1n) is 19.8. The Kier molecular flexibility index (Phi) is 36.1. The minimum Gasteiger partial charge on any atom is -0.462 e. The summed E-state index contributed by atoms with van der Waals surface area (Å²) in [4.78, 5) is 14.8. The maximum atomic E-state index is 12.6. The van der Waals surface area contributed by atoms with E-state index >= 15 is 0 Å². The summed E-state index contributed by atoms with van der Waals surface area (Å²) in [7, 11) is 2.11. The molecular weight excluding hydrogens is 562 g/mol. The zero-order valence-corrected chi connectivity index (χ0v) is 31.2. The molecule has 3 nitrogen and oxygen atoms in total. The molecule has 0 heterocycles. The molecule has 0 N–H and O–H groups in total. The van der Waals surface area contributed by atoms with Gasteiger partial charge in [-0.1, -0.05) is 139 Å². The Morgan fingerprint density at radius 2 is 1.00 bits per heavy atom. The van der Waals surface area contributed by atoms with Crippen LogP contribution in [-0.2, 0) is 9.53 Å². The van der Waals surface area contributed by atoms with Crippen LogP contribution in [0, 0.1) is 0 Å². The van der Waals surface area contributed by atoms with Crippen molar-refractivity contribution >= 4 is 5.97 Å². The number of rotatable bonds is 34. The Hall–Kier alpha value is -1.87. The number of allylic oxidation sites excluding steroid dienone is 10. The van der Waals surface area contributed by atoms with Gasteiger partial charge in [0, 0.05) is 6.42 Å². The quantitative estimate of drug-likeness (QED) is 0.0304. The van der Waals surface area contributed by atoms with Gasteiger partial charge < -0.3 is 9.64 Å². The second-order valence-electron chi connectivity index (χ2n) is 13.2. The van der Waals surface area contributed by atoms with Crippen LogP contribution >= 0.6 is 0 Å². The van der Waals surface area contributed by atoms with Crippen molar-refractivity contribution in [3.63, 3.8) is 0 Å². The molecule has 266 valence electrons. The topological polar surface area (TPSA) is 29.5 Å². The van der Waals surface area contributed by atoms with Crippen LogP contribution in [0.15, 0.2) is 60.8 Å². The third kappa shape index (κ3) is 35.0. The maximum Gasteiger partial charge on any atom is 0.306 e. The summed E-state index contributed by atoms with van der Waals surface area (Å²) in [5.74, 6) is 0.00124. The number of esters is 1. The Morgan fingerprint density at radius 3 is 1.57 bits per heavy atom. The normalized spacial score (nSPS) is 13.2. The summed E-state index contributed by atoms with van der Waals surface area (Å²) in [5, 5.41) is 0. The fourth-order valence-electron chi connectivity index (χ4n) is 5.47. The monoisotopic (exact) mass is 640 g/mol. The second kappa shape index (κ2) is 37.6. The van der Waals surface area contributed by atoms with Crippen LogP contribution in [0.3, 0.4) is 0 Å². The molecule has 0 rings (SSSR count). The second-order valence-corrected chi connectivity index (χ2v) is 13.2. The Labute approximate surface area is 288 Å². The van der Waals surface area contributed by atoms with Crippen molar-refractivity contribution in [2.75, 3.05) is 20.1 Å². The molecule has 1 unspecified atom stereocenters. The third-order valence-corrected chi connectivity index (χ3v) is 8.68. The van der Waals surface area contributed by atoms with Crippen LogP contribution in [-0.4, -0.2) is 37.1 Å². The van der Waals surface area contributed by atoms with Crippen LogP contribution in [0.5, 0.6) is 0 Å². The Bertz CT molecular complexity index is 778. The molecule has 0 radical (unpaired) electrons. The molecule has 0 aliphatic rings. The standard InChI is InChI=1S/C43H77NO2/c1-5-8-10-12-14-16-18-20-22-24-26-28-30-32-34-36-39-42(46-43(45)40-37-41-44(4)7-3)38-35-33-31-29-27-25-23-21-19-17-15-13-11-9-6-2/h14-17,19-22,25,27,42H,5-13,18,23-24,26,28-41H2,1-4H3/b16-14-,17-15?,21-19+,22-20-,27-25+. The van der Waals surface area contributed by atoms with Gasteiger partial charge in [0.05, 0.1) is 0 Å². The van der Waals surface area contributed by atoms with Gasteiger partial charge in [-0.2, -0.15) is 0 Å². The number of hydrogen-bond donors (Lipinski definition) is 0. The van der Waals surface area contributed by atoms with Gasteiger partial charge in [-0.15, -0.1) is 0 Å². The average molecular weight is 640 g/mol. The van der Waals surface area contributed by atoms with E-state index in [-0.39, 0.29) is 12.1 Å². The first-order chi connectivity index (χ1) is 22.6. The number of carbonyl (C=O) groups is 1. The highest BCUT2D eigenvalue weighted by Gasteiger charge is 2.14. The van der Waals surface area contributed by atoms with E-state index in [1.807, 2.05) is 0 Å². The molecule has 46 heavy (non-hydrogen) atoms. The highest BCUT2D eigenvalue weighted by Crippen LogP contribution is 2.18. The summed E-state index contributed by atoms with van der Waals surface area (Å²) in [6, 6.07) is 0. The van der Waals surface area contributed by atoms with E-state index in [9.17, 15) is 4.79 Å². The minimum absolute atomic E-state index is 0.00124. The van der Waals surface area contributed by atoms with Crippen LogP contribution in [0.2, 0.25) is 0 Å². The molecule has 1 atom stereocenters. The van der Waals surface area contributed by atoms with Gasteiger partial charge in [0.1, 0.15) is 6.10 Å². The fourth-order valence-corrected chi connectivity index (χ4v) is 5.47. The number of nitrogens with zero attached hydrogens (tertiary/aromatic N) is 1. The van der Waals surface area contributed by atoms with Gasteiger partial charge in [-0.25, -0.2) is 0 Å². The van der Waals surface area contributed by atoms with Crippen molar-refractivity contribution in [3.05, 3.63) is 60.8 Å². The average Bonchev–Trinajstić information content (AvgIpc) is 3.06. The van der Waals surface area contributed by atoms with Crippen molar-refractivity contribution in [1.29, 1.82) is 0 Å². The molecule has 0 saturated heterocycles. The SMILES string of the molecule is CCCCCC=C/C=C/C/C=C/CCCCCC(CCCCCCCC/C=C\C/C=C\CCCCC)OC(=O)CCCN(C)CC. The Balaban J connectivity index is 4.15. The summed E-state index contributed by atoms with van der Waals surface area (Å²) >= 11 is 0. The molecule has 0 aliphatic heterocycles. The van der Waals surface area contributed by atoms with E-state index in [1.165, 1.54) is 109 Å². The van der Waals surface area contributed by atoms with Crippen LogP contribution in [0.25, 0.3) is 0 Å². The Morgan fingerprint density at radius 1 is 0.543 bits per heavy atom. The van der Waals surface area contributed by atoms with Crippen molar-refractivity contribution in [3.8, 4) is 0 Å². The molecule has 0 aromatic rings. The highest BCUT2D eigenvalue weighted by atomic mass is 16.5. The van der Waals surface area contributed by atoms with E-state index in [0.717, 1.165) is 58.0 Å². The molecule has 0 spiro atoms. The number of hydrogen-bond acceptors (Lipinski definition) is 3. The van der Waals surface area contributed by atoms with Crippen molar-refractivity contribution in [2.24, 2.45) is 0 Å². The van der Waals surface area contributed by atoms with E-state index < -0.39 is 0 Å². The maximum absolute atomic E-state index is 12.6. The van der Waals surface area contributed by atoms with E-state index in [2.05, 4.69) is 93.5 Å².